The number of hydrogen-bond donors (Lipinski definition) is 1. The molecule has 0 aliphatic heterocycles. The summed E-state index contributed by atoms with van der Waals surface area (Å²) in [5.74, 6) is 0.696. The lowest BCUT2D eigenvalue weighted by molar-refractivity contribution is 0.642. The van der Waals surface area contributed by atoms with E-state index in [0.29, 0.717) is 12.5 Å². The van der Waals surface area contributed by atoms with Gasteiger partial charge in [0, 0.05) is 18.2 Å². The minimum absolute atomic E-state index is 0.696. The molecule has 0 spiro atoms. The fourth-order valence-corrected chi connectivity index (χ4v) is 2.10. The van der Waals surface area contributed by atoms with Gasteiger partial charge in [0.05, 0.1) is 10.7 Å². The molecule has 0 amide bonds. The van der Waals surface area contributed by atoms with Crippen LogP contribution in [0.15, 0.2) is 5.38 Å². The predicted molar refractivity (Wildman–Crippen MR) is 53.4 cm³/mol. The zero-order valence-corrected chi connectivity index (χ0v) is 8.53. The smallest absolute Gasteiger partial charge is 0.0930 e. The Hall–Kier alpha value is -0.410. The van der Waals surface area contributed by atoms with Crippen LogP contribution in [-0.2, 0) is 12.8 Å². The molecule has 0 bridgehead atoms. The van der Waals surface area contributed by atoms with E-state index in [4.69, 9.17) is 5.73 Å². The maximum atomic E-state index is 5.44. The van der Waals surface area contributed by atoms with Crippen LogP contribution >= 0.6 is 11.3 Å². The number of thiazole rings is 1. The van der Waals surface area contributed by atoms with Crippen molar-refractivity contribution in [2.24, 2.45) is 11.7 Å². The van der Waals surface area contributed by atoms with E-state index < -0.39 is 0 Å². The predicted octanol–water partition coefficient (Wildman–Crippen LogP) is 1.84. The van der Waals surface area contributed by atoms with Gasteiger partial charge in [-0.25, -0.2) is 4.98 Å². The molecular formula is C9H16N2S. The summed E-state index contributed by atoms with van der Waals surface area (Å²) < 4.78 is 0. The first kappa shape index (κ1) is 9.68. The zero-order valence-electron chi connectivity index (χ0n) is 7.71. The van der Waals surface area contributed by atoms with E-state index in [2.05, 4.69) is 24.2 Å². The lowest BCUT2D eigenvalue weighted by Gasteiger charge is -1.98. The van der Waals surface area contributed by atoms with E-state index in [-0.39, 0.29) is 0 Å². The molecule has 0 fully saturated rings. The van der Waals surface area contributed by atoms with Crippen molar-refractivity contribution in [1.82, 2.24) is 4.98 Å². The molecule has 0 radical (unpaired) electrons. The van der Waals surface area contributed by atoms with E-state index in [1.54, 1.807) is 11.3 Å². The van der Waals surface area contributed by atoms with Gasteiger partial charge in [-0.15, -0.1) is 11.3 Å². The van der Waals surface area contributed by atoms with Gasteiger partial charge in [-0.1, -0.05) is 13.8 Å². The van der Waals surface area contributed by atoms with E-state index in [9.17, 15) is 0 Å². The second-order valence-corrected chi connectivity index (χ2v) is 4.31. The van der Waals surface area contributed by atoms with Crippen LogP contribution in [-0.4, -0.2) is 11.5 Å². The number of aromatic nitrogens is 1. The molecule has 2 N–H and O–H groups in total. The van der Waals surface area contributed by atoms with E-state index in [0.717, 1.165) is 18.5 Å². The number of hydrogen-bond acceptors (Lipinski definition) is 3. The number of nitrogens with two attached hydrogens (primary N) is 1. The first-order chi connectivity index (χ1) is 5.72. The topological polar surface area (TPSA) is 38.9 Å². The second kappa shape index (κ2) is 4.58. The Morgan fingerprint density at radius 1 is 1.58 bits per heavy atom. The van der Waals surface area contributed by atoms with E-state index >= 15 is 0 Å². The Balaban J connectivity index is 2.52. The molecule has 3 heteroatoms. The van der Waals surface area contributed by atoms with Gasteiger partial charge in [0.2, 0.25) is 0 Å². The summed E-state index contributed by atoms with van der Waals surface area (Å²) >= 11 is 1.75. The third-order valence-electron chi connectivity index (χ3n) is 1.58. The van der Waals surface area contributed by atoms with Gasteiger partial charge >= 0.3 is 0 Å². The maximum absolute atomic E-state index is 5.44. The minimum atomic E-state index is 0.696. The van der Waals surface area contributed by atoms with Gasteiger partial charge in [0.25, 0.3) is 0 Å². The Morgan fingerprint density at radius 2 is 2.33 bits per heavy atom. The largest absolute Gasteiger partial charge is 0.330 e. The van der Waals surface area contributed by atoms with Crippen LogP contribution in [0.1, 0.15) is 24.5 Å². The molecule has 0 unspecified atom stereocenters. The van der Waals surface area contributed by atoms with Crippen LogP contribution in [0.3, 0.4) is 0 Å². The summed E-state index contributed by atoms with van der Waals surface area (Å²) in [4.78, 5) is 4.48. The average Bonchev–Trinajstić information content (AvgIpc) is 2.36. The monoisotopic (exact) mass is 184 g/mol. The van der Waals surface area contributed by atoms with Crippen molar-refractivity contribution in [3.05, 3.63) is 16.1 Å². The fourth-order valence-electron chi connectivity index (χ4n) is 1.05. The van der Waals surface area contributed by atoms with Gasteiger partial charge in [-0.3, -0.25) is 0 Å². The summed E-state index contributed by atoms with van der Waals surface area (Å²) in [7, 11) is 0. The van der Waals surface area contributed by atoms with Gasteiger partial charge in [0.15, 0.2) is 0 Å². The molecule has 0 saturated heterocycles. The fraction of sp³-hybridized carbons (Fsp3) is 0.667. The zero-order chi connectivity index (χ0) is 8.97. The Kier molecular flexibility index (Phi) is 3.69. The molecule has 2 nitrogen and oxygen atoms in total. The maximum Gasteiger partial charge on any atom is 0.0930 e. The van der Waals surface area contributed by atoms with Crippen LogP contribution in [0, 0.1) is 5.92 Å². The SMILES string of the molecule is CC(C)Cc1nc(CCN)cs1. The average molecular weight is 184 g/mol. The summed E-state index contributed by atoms with van der Waals surface area (Å²) in [6.45, 7) is 5.12. The molecule has 12 heavy (non-hydrogen) atoms. The molecule has 0 atom stereocenters. The standard InChI is InChI=1S/C9H16N2S/c1-7(2)5-9-11-8(3-4-10)6-12-9/h6-7H,3-5,10H2,1-2H3. The summed E-state index contributed by atoms with van der Waals surface area (Å²) in [6.07, 6.45) is 2.00. The summed E-state index contributed by atoms with van der Waals surface area (Å²) in [6, 6.07) is 0. The lowest BCUT2D eigenvalue weighted by Crippen LogP contribution is -2.03. The molecule has 1 aromatic heterocycles. The molecule has 0 saturated carbocycles. The molecule has 1 heterocycles. The van der Waals surface area contributed by atoms with Crippen molar-refractivity contribution in [1.29, 1.82) is 0 Å². The van der Waals surface area contributed by atoms with Crippen LogP contribution in [0.4, 0.5) is 0 Å². The normalized spacial score (nSPS) is 11.0. The lowest BCUT2D eigenvalue weighted by atomic mass is 10.1. The van der Waals surface area contributed by atoms with Crippen molar-refractivity contribution < 1.29 is 0 Å². The highest BCUT2D eigenvalue weighted by Gasteiger charge is 2.02. The molecular weight excluding hydrogens is 168 g/mol. The van der Waals surface area contributed by atoms with Crippen molar-refractivity contribution in [3.8, 4) is 0 Å². The molecule has 0 aliphatic rings. The van der Waals surface area contributed by atoms with Gasteiger partial charge in [-0.05, 0) is 12.5 Å². The molecule has 1 rings (SSSR count). The Morgan fingerprint density at radius 3 is 2.92 bits per heavy atom. The molecule has 0 aliphatic carbocycles. The highest BCUT2D eigenvalue weighted by Crippen LogP contribution is 2.14. The van der Waals surface area contributed by atoms with Crippen molar-refractivity contribution in [2.45, 2.75) is 26.7 Å². The highest BCUT2D eigenvalue weighted by atomic mass is 32.1. The van der Waals surface area contributed by atoms with E-state index in [1.165, 1.54) is 5.01 Å². The van der Waals surface area contributed by atoms with Crippen LogP contribution in [0.5, 0.6) is 0 Å². The van der Waals surface area contributed by atoms with Crippen molar-refractivity contribution in [3.63, 3.8) is 0 Å². The van der Waals surface area contributed by atoms with Crippen LogP contribution in [0.25, 0.3) is 0 Å². The first-order valence-electron chi connectivity index (χ1n) is 4.35. The quantitative estimate of drug-likeness (QED) is 0.775. The van der Waals surface area contributed by atoms with Gasteiger partial charge in [0.1, 0.15) is 0 Å². The van der Waals surface area contributed by atoms with Crippen LogP contribution in [0.2, 0.25) is 0 Å². The Labute approximate surface area is 77.8 Å². The van der Waals surface area contributed by atoms with Crippen LogP contribution < -0.4 is 5.73 Å². The van der Waals surface area contributed by atoms with Gasteiger partial charge < -0.3 is 5.73 Å². The number of nitrogens with zero attached hydrogens (tertiary/aromatic N) is 1. The van der Waals surface area contributed by atoms with Gasteiger partial charge in [-0.2, -0.15) is 0 Å². The molecule has 0 aromatic carbocycles. The minimum Gasteiger partial charge on any atom is -0.330 e. The van der Waals surface area contributed by atoms with Crippen molar-refractivity contribution in [2.75, 3.05) is 6.54 Å². The second-order valence-electron chi connectivity index (χ2n) is 3.37. The highest BCUT2D eigenvalue weighted by molar-refractivity contribution is 7.09. The molecule has 1 aromatic rings. The number of rotatable bonds is 4. The van der Waals surface area contributed by atoms with E-state index in [1.807, 2.05) is 0 Å². The summed E-state index contributed by atoms with van der Waals surface area (Å²) in [5, 5.41) is 3.36. The summed E-state index contributed by atoms with van der Waals surface area (Å²) in [5.41, 5.74) is 6.59. The van der Waals surface area contributed by atoms with Crippen molar-refractivity contribution >= 4 is 11.3 Å². The first-order valence-corrected chi connectivity index (χ1v) is 5.23. The third kappa shape index (κ3) is 2.91. The molecule has 68 valence electrons. The Bertz CT molecular complexity index is 230. The third-order valence-corrected chi connectivity index (χ3v) is 2.50.